The van der Waals surface area contributed by atoms with Crippen LogP contribution in [0.5, 0.6) is 5.75 Å². The van der Waals surface area contributed by atoms with E-state index < -0.39 is 12.8 Å². The number of anilines is 1. The lowest BCUT2D eigenvalue weighted by Crippen LogP contribution is -2.19. The summed E-state index contributed by atoms with van der Waals surface area (Å²) >= 11 is 2.80. The molecule has 2 heterocycles. The number of aryl methyl sites for hydroxylation is 2. The first-order valence-corrected chi connectivity index (χ1v) is 11.9. The number of hydrogen-bond acceptors (Lipinski definition) is 7. The van der Waals surface area contributed by atoms with Gasteiger partial charge < -0.3 is 15.0 Å². The van der Waals surface area contributed by atoms with Crippen LogP contribution in [0.3, 0.4) is 0 Å². The molecule has 0 saturated heterocycles. The van der Waals surface area contributed by atoms with Gasteiger partial charge in [0.2, 0.25) is 5.91 Å². The minimum absolute atomic E-state index is 0.0525. The summed E-state index contributed by atoms with van der Waals surface area (Å²) in [5, 5.41) is 12.4. The summed E-state index contributed by atoms with van der Waals surface area (Å²) in [6.45, 7) is -1.51. The lowest BCUT2D eigenvalue weighted by Gasteiger charge is -2.12. The molecule has 1 amide bonds. The molecule has 2 aromatic heterocycles. The Morgan fingerprint density at radius 3 is 2.94 bits per heavy atom. The summed E-state index contributed by atoms with van der Waals surface area (Å²) in [6, 6.07) is 5.56. The second-order valence-electron chi connectivity index (χ2n) is 7.32. The van der Waals surface area contributed by atoms with Crippen molar-refractivity contribution in [3.63, 3.8) is 0 Å². The monoisotopic (exact) mass is 494 g/mol. The molecular weight excluding hydrogens is 477 g/mol. The third kappa shape index (κ3) is 5.48. The maximum Gasteiger partial charge on any atom is 0.422 e. The molecule has 12 heteroatoms. The molecule has 0 spiro atoms. The van der Waals surface area contributed by atoms with Crippen LogP contribution in [0, 0.1) is 11.3 Å². The van der Waals surface area contributed by atoms with Crippen LogP contribution < -0.4 is 15.6 Å². The zero-order valence-electron chi connectivity index (χ0n) is 17.0. The van der Waals surface area contributed by atoms with Crippen LogP contribution in [-0.4, -0.2) is 34.4 Å². The van der Waals surface area contributed by atoms with E-state index in [1.165, 1.54) is 34.8 Å². The van der Waals surface area contributed by atoms with E-state index in [2.05, 4.69) is 20.0 Å². The smallest absolute Gasteiger partial charge is 0.422 e. The molecule has 7 nitrogen and oxygen atoms in total. The van der Waals surface area contributed by atoms with E-state index in [0.29, 0.717) is 17.0 Å². The van der Waals surface area contributed by atoms with Crippen molar-refractivity contribution in [2.75, 3.05) is 17.7 Å². The number of thiophene rings is 1. The molecule has 1 aliphatic carbocycles. The minimum Gasteiger partial charge on any atom is -0.483 e. The highest BCUT2D eigenvalue weighted by Crippen LogP contribution is 2.34. The van der Waals surface area contributed by atoms with E-state index >= 15 is 0 Å². The normalized spacial score (nSPS) is 13.0. The number of rotatable bonds is 7. The largest absolute Gasteiger partial charge is 0.483 e. The van der Waals surface area contributed by atoms with Crippen molar-refractivity contribution < 1.29 is 22.7 Å². The number of alkyl halides is 3. The highest BCUT2D eigenvalue weighted by molar-refractivity contribution is 7.99. The van der Waals surface area contributed by atoms with Gasteiger partial charge in [-0.3, -0.25) is 9.59 Å². The molecule has 0 unspecified atom stereocenters. The first kappa shape index (κ1) is 23.1. The molecule has 33 heavy (non-hydrogen) atoms. The average Bonchev–Trinajstić information content (AvgIpc) is 3.33. The Bertz CT molecular complexity index is 1310. The van der Waals surface area contributed by atoms with Crippen LogP contribution in [-0.2, 0) is 23.4 Å². The number of ether oxygens (including phenoxy) is 1. The zero-order valence-corrected chi connectivity index (χ0v) is 18.7. The van der Waals surface area contributed by atoms with Gasteiger partial charge in [-0.2, -0.15) is 18.4 Å². The number of hydrogen-bond donors (Lipinski definition) is 2. The number of nitriles is 1. The van der Waals surface area contributed by atoms with E-state index in [0.717, 1.165) is 29.7 Å². The third-order valence-electron chi connectivity index (χ3n) is 4.87. The van der Waals surface area contributed by atoms with Crippen LogP contribution in [0.25, 0.3) is 10.2 Å². The first-order valence-electron chi connectivity index (χ1n) is 9.88. The summed E-state index contributed by atoms with van der Waals surface area (Å²) in [5.41, 5.74) is 1.09. The van der Waals surface area contributed by atoms with Gasteiger partial charge in [-0.25, -0.2) is 4.98 Å². The van der Waals surface area contributed by atoms with E-state index in [-0.39, 0.29) is 34.2 Å². The van der Waals surface area contributed by atoms with Crippen molar-refractivity contribution in [3.8, 4) is 11.8 Å². The lowest BCUT2D eigenvalue weighted by atomic mass is 10.2. The van der Waals surface area contributed by atoms with Gasteiger partial charge >= 0.3 is 6.18 Å². The van der Waals surface area contributed by atoms with Crippen LogP contribution in [0.1, 0.15) is 28.2 Å². The average molecular weight is 495 g/mol. The van der Waals surface area contributed by atoms with Crippen molar-refractivity contribution in [1.82, 2.24) is 9.97 Å². The molecule has 172 valence electrons. The Balaban J connectivity index is 1.33. The predicted octanol–water partition coefficient (Wildman–Crippen LogP) is 4.16. The van der Waals surface area contributed by atoms with Crippen LogP contribution in [0.15, 0.2) is 23.0 Å². The summed E-state index contributed by atoms with van der Waals surface area (Å²) in [4.78, 5) is 34.0. The molecule has 0 bridgehead atoms. The molecular formula is C21H17F3N4O3S2. The van der Waals surface area contributed by atoms with Gasteiger partial charge in [0.05, 0.1) is 22.5 Å². The summed E-state index contributed by atoms with van der Waals surface area (Å²) < 4.78 is 41.6. The minimum atomic E-state index is -4.52. The molecule has 4 rings (SSSR count). The quantitative estimate of drug-likeness (QED) is 0.511. The maximum absolute atomic E-state index is 12.5. The van der Waals surface area contributed by atoms with Crippen LogP contribution >= 0.6 is 23.1 Å². The number of benzene rings is 1. The zero-order chi connectivity index (χ0) is 23.6. The van der Waals surface area contributed by atoms with Gasteiger partial charge in [0.1, 0.15) is 22.5 Å². The van der Waals surface area contributed by atoms with Gasteiger partial charge in [-0.1, -0.05) is 0 Å². The molecule has 0 aliphatic heterocycles. The number of aromatic amines is 1. The number of aromatic nitrogens is 2. The number of carbonyl (C=O) groups is 1. The number of thioether (sulfide) groups is 1. The molecule has 3 aromatic rings. The second-order valence-corrected chi connectivity index (χ2v) is 9.39. The molecule has 0 radical (unpaired) electrons. The van der Waals surface area contributed by atoms with E-state index in [1.54, 1.807) is 17.4 Å². The van der Waals surface area contributed by atoms with Crippen molar-refractivity contribution in [1.29, 1.82) is 5.26 Å². The fourth-order valence-corrected chi connectivity index (χ4v) is 5.50. The van der Waals surface area contributed by atoms with E-state index in [4.69, 9.17) is 5.26 Å². The number of carbonyl (C=O) groups excluding carboxylic acids is 1. The van der Waals surface area contributed by atoms with Crippen molar-refractivity contribution in [2.45, 2.75) is 31.2 Å². The second kappa shape index (κ2) is 9.44. The summed E-state index contributed by atoms with van der Waals surface area (Å²) in [5.74, 6) is 0.285. The number of H-pyrrole nitrogens is 1. The molecule has 0 saturated carbocycles. The number of nitrogens with zero attached hydrogens (tertiary/aromatic N) is 2. The van der Waals surface area contributed by atoms with Crippen molar-refractivity contribution in [3.05, 3.63) is 50.4 Å². The molecule has 1 aliphatic rings. The SMILES string of the molecule is N#Cc1cc(NC(=O)CSCc2nc3sc4c(c3c(=O)[nH]2)CCC4)ccc1OCC(F)(F)F. The fourth-order valence-electron chi connectivity index (χ4n) is 3.53. The standard InChI is InChI=1S/C21H17F3N4O3S2/c22-21(23,24)10-31-14-5-4-12(6-11(14)7-25)26-17(29)9-32-8-16-27-19(30)18-13-2-1-3-15(13)33-20(18)28-16/h4-6H,1-3,8-10H2,(H,26,29)(H,27,28,30). The number of nitrogens with one attached hydrogen (secondary N) is 2. The maximum atomic E-state index is 12.5. The Hall–Kier alpha value is -3.04. The highest BCUT2D eigenvalue weighted by Gasteiger charge is 2.29. The first-order chi connectivity index (χ1) is 15.7. The van der Waals surface area contributed by atoms with Gasteiger partial charge in [-0.05, 0) is 43.0 Å². The van der Waals surface area contributed by atoms with E-state index in [1.807, 2.05) is 0 Å². The highest BCUT2D eigenvalue weighted by atomic mass is 32.2. The molecule has 0 atom stereocenters. The van der Waals surface area contributed by atoms with Crippen LogP contribution in [0.2, 0.25) is 0 Å². The van der Waals surface area contributed by atoms with Crippen molar-refractivity contribution in [2.24, 2.45) is 0 Å². The van der Waals surface area contributed by atoms with Gasteiger partial charge in [0.25, 0.3) is 5.56 Å². The summed E-state index contributed by atoms with van der Waals surface area (Å²) in [6.07, 6.45) is -1.59. The van der Waals surface area contributed by atoms with Crippen molar-refractivity contribution >= 4 is 44.9 Å². The number of halogens is 3. The molecule has 1 aromatic carbocycles. The van der Waals surface area contributed by atoms with Gasteiger partial charge in [0.15, 0.2) is 6.61 Å². The summed E-state index contributed by atoms with van der Waals surface area (Å²) in [7, 11) is 0. The van der Waals surface area contributed by atoms with Gasteiger partial charge in [0, 0.05) is 10.6 Å². The number of fused-ring (bicyclic) bond motifs is 3. The Labute approximate surface area is 194 Å². The Kier molecular flexibility index (Phi) is 6.62. The van der Waals surface area contributed by atoms with Gasteiger partial charge in [-0.15, -0.1) is 23.1 Å². The Morgan fingerprint density at radius 1 is 1.36 bits per heavy atom. The Morgan fingerprint density at radius 2 is 2.18 bits per heavy atom. The van der Waals surface area contributed by atoms with E-state index in [9.17, 15) is 22.8 Å². The molecule has 0 fully saturated rings. The topological polar surface area (TPSA) is 108 Å². The predicted molar refractivity (Wildman–Crippen MR) is 120 cm³/mol. The van der Waals surface area contributed by atoms with Crippen LogP contribution in [0.4, 0.5) is 18.9 Å². The fraction of sp³-hybridized carbons (Fsp3) is 0.333. The number of amides is 1. The molecule has 2 N–H and O–H groups in total. The lowest BCUT2D eigenvalue weighted by molar-refractivity contribution is -0.153. The third-order valence-corrected chi connectivity index (χ3v) is 7.00.